The van der Waals surface area contributed by atoms with E-state index in [1.54, 1.807) is 0 Å². The van der Waals surface area contributed by atoms with Crippen LogP contribution < -0.4 is 10.6 Å². The molecule has 0 aliphatic carbocycles. The molecule has 0 spiro atoms. The van der Waals surface area contributed by atoms with Crippen molar-refractivity contribution in [1.29, 1.82) is 0 Å². The van der Waals surface area contributed by atoms with Gasteiger partial charge < -0.3 is 10.6 Å². The first-order valence-corrected chi connectivity index (χ1v) is 7.68. The molecule has 0 atom stereocenters. The Labute approximate surface area is 136 Å². The highest BCUT2D eigenvalue weighted by Crippen LogP contribution is 2.25. The Morgan fingerprint density at radius 1 is 1.45 bits per heavy atom. The number of aryl methyl sites for hydroxylation is 1. The molecule has 0 aliphatic heterocycles. The lowest BCUT2D eigenvalue weighted by molar-refractivity contribution is 0.643. The number of halogens is 2. The molecule has 2 N–H and O–H groups in total. The predicted octanol–water partition coefficient (Wildman–Crippen LogP) is 3.81. The SMILES string of the molecule is CCn1ccc(CNC(=S)Nc2ccc(Br)cc2Cl)n1. The fourth-order valence-corrected chi connectivity index (χ4v) is 2.51. The summed E-state index contributed by atoms with van der Waals surface area (Å²) in [4.78, 5) is 0. The van der Waals surface area contributed by atoms with Crippen molar-refractivity contribution in [2.24, 2.45) is 0 Å². The Kier molecular flexibility index (Phi) is 5.39. The van der Waals surface area contributed by atoms with Crippen molar-refractivity contribution in [3.63, 3.8) is 0 Å². The molecule has 1 aromatic carbocycles. The van der Waals surface area contributed by atoms with Crippen LogP contribution >= 0.6 is 39.7 Å². The Balaban J connectivity index is 1.89. The number of anilines is 1. The van der Waals surface area contributed by atoms with E-state index in [-0.39, 0.29) is 0 Å². The van der Waals surface area contributed by atoms with Gasteiger partial charge in [0.25, 0.3) is 0 Å². The van der Waals surface area contributed by atoms with Crippen molar-refractivity contribution in [1.82, 2.24) is 15.1 Å². The monoisotopic (exact) mass is 372 g/mol. The highest BCUT2D eigenvalue weighted by Gasteiger charge is 2.04. The van der Waals surface area contributed by atoms with Crippen LogP contribution in [0.2, 0.25) is 5.02 Å². The van der Waals surface area contributed by atoms with Gasteiger partial charge >= 0.3 is 0 Å². The van der Waals surface area contributed by atoms with E-state index in [0.717, 1.165) is 22.4 Å². The lowest BCUT2D eigenvalue weighted by Crippen LogP contribution is -2.28. The summed E-state index contributed by atoms with van der Waals surface area (Å²) >= 11 is 14.7. The van der Waals surface area contributed by atoms with E-state index in [1.165, 1.54) is 0 Å². The van der Waals surface area contributed by atoms with E-state index in [2.05, 4.69) is 31.7 Å². The Morgan fingerprint density at radius 2 is 2.25 bits per heavy atom. The van der Waals surface area contributed by atoms with Crippen LogP contribution in [-0.4, -0.2) is 14.9 Å². The minimum absolute atomic E-state index is 0.514. The number of benzene rings is 1. The van der Waals surface area contributed by atoms with E-state index in [0.29, 0.717) is 16.7 Å². The van der Waals surface area contributed by atoms with Gasteiger partial charge in [-0.1, -0.05) is 27.5 Å². The summed E-state index contributed by atoms with van der Waals surface area (Å²) in [6.45, 7) is 3.48. The van der Waals surface area contributed by atoms with E-state index in [9.17, 15) is 0 Å². The first-order chi connectivity index (χ1) is 9.58. The lowest BCUT2D eigenvalue weighted by Gasteiger charge is -2.11. The van der Waals surface area contributed by atoms with Crippen LogP contribution in [0, 0.1) is 0 Å². The van der Waals surface area contributed by atoms with Crippen LogP contribution in [0.15, 0.2) is 34.9 Å². The largest absolute Gasteiger partial charge is 0.357 e. The summed E-state index contributed by atoms with van der Waals surface area (Å²) in [5, 5.41) is 11.7. The van der Waals surface area contributed by atoms with E-state index in [1.807, 2.05) is 42.1 Å². The standard InChI is InChI=1S/C13H14BrClN4S/c1-2-19-6-5-10(18-19)8-16-13(20)17-12-4-3-9(14)7-11(12)15/h3-7H,2,8H2,1H3,(H2,16,17,20). The maximum atomic E-state index is 6.12. The minimum atomic E-state index is 0.514. The molecule has 0 aliphatic rings. The summed E-state index contributed by atoms with van der Waals surface area (Å²) in [6.07, 6.45) is 1.94. The van der Waals surface area contributed by atoms with Crippen molar-refractivity contribution in [2.45, 2.75) is 20.0 Å². The van der Waals surface area contributed by atoms with Crippen LogP contribution in [0.4, 0.5) is 5.69 Å². The minimum Gasteiger partial charge on any atom is -0.357 e. The number of thiocarbonyl (C=S) groups is 1. The van der Waals surface area contributed by atoms with Gasteiger partial charge in [0.1, 0.15) is 0 Å². The molecule has 0 amide bonds. The van der Waals surface area contributed by atoms with E-state index < -0.39 is 0 Å². The molecule has 0 saturated carbocycles. The number of nitrogens with one attached hydrogen (secondary N) is 2. The van der Waals surface area contributed by atoms with Crippen molar-refractivity contribution in [3.05, 3.63) is 45.7 Å². The summed E-state index contributed by atoms with van der Waals surface area (Å²) in [7, 11) is 0. The number of hydrogen-bond acceptors (Lipinski definition) is 2. The van der Waals surface area contributed by atoms with Crippen molar-refractivity contribution in [2.75, 3.05) is 5.32 Å². The molecule has 1 heterocycles. The molecule has 0 unspecified atom stereocenters. The van der Waals surface area contributed by atoms with Crippen LogP contribution in [-0.2, 0) is 13.1 Å². The maximum Gasteiger partial charge on any atom is 0.171 e. The van der Waals surface area contributed by atoms with Gasteiger partial charge in [-0.15, -0.1) is 0 Å². The second-order valence-corrected chi connectivity index (χ2v) is 5.83. The van der Waals surface area contributed by atoms with Crippen LogP contribution in [0.1, 0.15) is 12.6 Å². The zero-order valence-electron chi connectivity index (χ0n) is 10.9. The number of hydrogen-bond donors (Lipinski definition) is 2. The first kappa shape index (κ1) is 15.3. The fourth-order valence-electron chi connectivity index (χ4n) is 1.60. The van der Waals surface area contributed by atoms with E-state index >= 15 is 0 Å². The summed E-state index contributed by atoms with van der Waals surface area (Å²) in [5.41, 5.74) is 1.71. The second kappa shape index (κ2) is 7.06. The van der Waals surface area contributed by atoms with Gasteiger partial charge in [-0.05, 0) is 43.4 Å². The van der Waals surface area contributed by atoms with Gasteiger partial charge in [-0.25, -0.2) is 0 Å². The zero-order valence-corrected chi connectivity index (χ0v) is 14.0. The molecule has 2 aromatic rings. The Bertz CT molecular complexity index is 614. The van der Waals surface area contributed by atoms with Gasteiger partial charge in [-0.2, -0.15) is 5.10 Å². The van der Waals surface area contributed by atoms with Crippen molar-refractivity contribution in [3.8, 4) is 0 Å². The number of rotatable bonds is 4. The highest BCUT2D eigenvalue weighted by atomic mass is 79.9. The van der Waals surface area contributed by atoms with E-state index in [4.69, 9.17) is 23.8 Å². The molecule has 106 valence electrons. The average Bonchev–Trinajstić information content (AvgIpc) is 2.88. The van der Waals surface area contributed by atoms with Gasteiger partial charge in [0.05, 0.1) is 22.9 Å². The quantitative estimate of drug-likeness (QED) is 0.800. The van der Waals surface area contributed by atoms with Gasteiger partial charge in [-0.3, -0.25) is 4.68 Å². The molecule has 2 rings (SSSR count). The normalized spacial score (nSPS) is 10.3. The van der Waals surface area contributed by atoms with Crippen LogP contribution in [0.25, 0.3) is 0 Å². The van der Waals surface area contributed by atoms with Crippen LogP contribution in [0.5, 0.6) is 0 Å². The lowest BCUT2D eigenvalue weighted by atomic mass is 10.3. The number of nitrogens with zero attached hydrogens (tertiary/aromatic N) is 2. The molecule has 0 saturated heterocycles. The molecule has 0 radical (unpaired) electrons. The molecule has 7 heteroatoms. The third-order valence-corrected chi connectivity index (χ3v) is 3.68. The number of aromatic nitrogens is 2. The van der Waals surface area contributed by atoms with Crippen molar-refractivity contribution >= 4 is 50.5 Å². The predicted molar refractivity (Wildman–Crippen MR) is 90.1 cm³/mol. The van der Waals surface area contributed by atoms with Crippen LogP contribution in [0.3, 0.4) is 0 Å². The van der Waals surface area contributed by atoms with Gasteiger partial charge in [0, 0.05) is 17.2 Å². The molecule has 0 fully saturated rings. The summed E-state index contributed by atoms with van der Waals surface area (Å²) in [6, 6.07) is 7.55. The third kappa shape index (κ3) is 4.19. The van der Waals surface area contributed by atoms with Gasteiger partial charge in [0.2, 0.25) is 0 Å². The smallest absolute Gasteiger partial charge is 0.171 e. The third-order valence-electron chi connectivity index (χ3n) is 2.63. The van der Waals surface area contributed by atoms with Crippen molar-refractivity contribution < 1.29 is 0 Å². The average molecular weight is 374 g/mol. The molecular formula is C13H14BrClN4S. The first-order valence-electron chi connectivity index (χ1n) is 6.10. The summed E-state index contributed by atoms with van der Waals surface area (Å²) < 4.78 is 2.80. The molecule has 4 nitrogen and oxygen atoms in total. The molecule has 0 bridgehead atoms. The van der Waals surface area contributed by atoms with Gasteiger partial charge in [0.15, 0.2) is 5.11 Å². The maximum absolute atomic E-state index is 6.12. The Morgan fingerprint density at radius 3 is 2.90 bits per heavy atom. The Hall–Kier alpha value is -1.11. The highest BCUT2D eigenvalue weighted by molar-refractivity contribution is 9.10. The fraction of sp³-hybridized carbons (Fsp3) is 0.231. The molecular weight excluding hydrogens is 360 g/mol. The molecule has 20 heavy (non-hydrogen) atoms. The molecule has 1 aromatic heterocycles. The zero-order chi connectivity index (χ0) is 14.5. The topological polar surface area (TPSA) is 41.9 Å². The summed E-state index contributed by atoms with van der Waals surface area (Å²) in [5.74, 6) is 0. The second-order valence-electron chi connectivity index (χ2n) is 4.09.